The number of primary amides is 1. The molecule has 126 valence electrons. The van der Waals surface area contributed by atoms with E-state index in [4.69, 9.17) is 5.73 Å². The molecule has 1 aromatic heterocycles. The second-order valence-electron chi connectivity index (χ2n) is 7.13. The number of piperidine rings is 1. The highest BCUT2D eigenvalue weighted by Gasteiger charge is 2.32. The van der Waals surface area contributed by atoms with Crippen molar-refractivity contribution in [1.29, 1.82) is 0 Å². The zero-order valence-electron chi connectivity index (χ0n) is 14.0. The van der Waals surface area contributed by atoms with Crippen molar-refractivity contribution >= 4 is 11.8 Å². The molecule has 1 unspecified atom stereocenters. The molecule has 0 radical (unpaired) electrons. The summed E-state index contributed by atoms with van der Waals surface area (Å²) < 4.78 is 0. The van der Waals surface area contributed by atoms with Gasteiger partial charge in [-0.05, 0) is 38.2 Å². The quantitative estimate of drug-likeness (QED) is 0.878. The first-order chi connectivity index (χ1) is 10.7. The van der Waals surface area contributed by atoms with Gasteiger partial charge in [-0.25, -0.2) is 0 Å². The largest absolute Gasteiger partial charge is 0.369 e. The van der Waals surface area contributed by atoms with E-state index in [2.05, 4.69) is 4.98 Å². The van der Waals surface area contributed by atoms with Crippen molar-refractivity contribution in [2.24, 2.45) is 17.1 Å². The molecule has 6 nitrogen and oxygen atoms in total. The van der Waals surface area contributed by atoms with Gasteiger partial charge in [-0.2, -0.15) is 0 Å². The molecular formula is C17H25N3O3. The van der Waals surface area contributed by atoms with Gasteiger partial charge in [-0.15, -0.1) is 0 Å². The topological polar surface area (TPSA) is 96.3 Å². The van der Waals surface area contributed by atoms with Gasteiger partial charge in [0.15, 0.2) is 0 Å². The Hall–Kier alpha value is -2.11. The minimum atomic E-state index is -0.572. The van der Waals surface area contributed by atoms with E-state index in [0.717, 1.165) is 12.8 Å². The lowest BCUT2D eigenvalue weighted by Gasteiger charge is -2.36. The lowest BCUT2D eigenvalue weighted by Crippen LogP contribution is -2.43. The van der Waals surface area contributed by atoms with Crippen LogP contribution in [0.1, 0.15) is 49.2 Å². The van der Waals surface area contributed by atoms with Crippen LogP contribution >= 0.6 is 0 Å². The van der Waals surface area contributed by atoms with Crippen LogP contribution in [0.3, 0.4) is 0 Å². The predicted molar refractivity (Wildman–Crippen MR) is 88.0 cm³/mol. The Morgan fingerprint density at radius 3 is 2.70 bits per heavy atom. The van der Waals surface area contributed by atoms with E-state index in [1.165, 1.54) is 6.07 Å². The number of nitrogens with zero attached hydrogens (tertiary/aromatic N) is 1. The summed E-state index contributed by atoms with van der Waals surface area (Å²) >= 11 is 0. The molecule has 0 aliphatic carbocycles. The lowest BCUT2D eigenvalue weighted by molar-refractivity contribution is -0.127. The number of aryl methyl sites for hydroxylation is 1. The van der Waals surface area contributed by atoms with Crippen molar-refractivity contribution in [1.82, 2.24) is 9.88 Å². The zero-order chi connectivity index (χ0) is 17.2. The molecule has 0 aromatic carbocycles. The molecule has 1 aromatic rings. The second-order valence-corrected chi connectivity index (χ2v) is 7.13. The first kappa shape index (κ1) is 17.2. The first-order valence-corrected chi connectivity index (χ1v) is 7.99. The van der Waals surface area contributed by atoms with Crippen LogP contribution < -0.4 is 11.3 Å². The summed E-state index contributed by atoms with van der Waals surface area (Å²) in [5.74, 6) is -0.190. The number of H-pyrrole nitrogens is 1. The highest BCUT2D eigenvalue weighted by molar-refractivity contribution is 5.94. The Labute approximate surface area is 136 Å². The number of aromatic amines is 1. The van der Waals surface area contributed by atoms with Gasteiger partial charge in [0.2, 0.25) is 11.5 Å². The Balaban J connectivity index is 2.10. The third-order valence-corrected chi connectivity index (χ3v) is 4.50. The molecule has 1 saturated heterocycles. The number of likely N-dealkylation sites (tertiary alicyclic amines) is 1. The summed E-state index contributed by atoms with van der Waals surface area (Å²) in [6.45, 7) is 6.72. The number of nitrogens with one attached hydrogen (secondary N) is 1. The molecule has 2 rings (SSSR count). The number of aromatic nitrogens is 1. The van der Waals surface area contributed by atoms with Crippen molar-refractivity contribution in [2.75, 3.05) is 13.1 Å². The molecule has 1 atom stereocenters. The van der Waals surface area contributed by atoms with Gasteiger partial charge >= 0.3 is 0 Å². The standard InChI is InChI=1S/C17H25N3O3/c1-11-7-13(8-14(21)19-11)15(22)20-6-4-5-12(10-20)9-17(2,3)16(18)23/h7-8,12H,4-6,9-10H2,1-3H3,(H2,18,23)(H,19,21). The number of hydrogen-bond donors (Lipinski definition) is 2. The Morgan fingerprint density at radius 1 is 1.39 bits per heavy atom. The third-order valence-electron chi connectivity index (χ3n) is 4.50. The third kappa shape index (κ3) is 4.21. The van der Waals surface area contributed by atoms with E-state index >= 15 is 0 Å². The maximum atomic E-state index is 12.6. The highest BCUT2D eigenvalue weighted by Crippen LogP contribution is 2.31. The van der Waals surface area contributed by atoms with Crippen LogP contribution in [0.25, 0.3) is 0 Å². The number of rotatable bonds is 4. The molecule has 1 fully saturated rings. The van der Waals surface area contributed by atoms with Crippen LogP contribution in [0.2, 0.25) is 0 Å². The number of nitrogens with two attached hydrogens (primary N) is 1. The van der Waals surface area contributed by atoms with Gasteiger partial charge in [0.25, 0.3) is 5.91 Å². The smallest absolute Gasteiger partial charge is 0.254 e. The Bertz CT molecular complexity index is 663. The van der Waals surface area contributed by atoms with E-state index in [1.807, 2.05) is 13.8 Å². The average Bonchev–Trinajstić information content (AvgIpc) is 2.45. The highest BCUT2D eigenvalue weighted by atomic mass is 16.2. The number of carbonyl (C=O) groups is 2. The van der Waals surface area contributed by atoms with Gasteiger partial charge in [0, 0.05) is 35.8 Å². The van der Waals surface area contributed by atoms with Gasteiger partial charge in [-0.1, -0.05) is 13.8 Å². The maximum Gasteiger partial charge on any atom is 0.254 e. The summed E-state index contributed by atoms with van der Waals surface area (Å²) in [7, 11) is 0. The van der Waals surface area contributed by atoms with Gasteiger partial charge in [-0.3, -0.25) is 14.4 Å². The summed E-state index contributed by atoms with van der Waals surface area (Å²) in [5, 5.41) is 0. The van der Waals surface area contributed by atoms with Gasteiger partial charge in [0.05, 0.1) is 0 Å². The summed E-state index contributed by atoms with van der Waals surface area (Å²) in [6, 6.07) is 3.03. The number of amides is 2. The van der Waals surface area contributed by atoms with Crippen LogP contribution in [0, 0.1) is 18.3 Å². The second kappa shape index (κ2) is 6.56. The van der Waals surface area contributed by atoms with Crippen molar-refractivity contribution in [3.05, 3.63) is 33.7 Å². The van der Waals surface area contributed by atoms with Crippen molar-refractivity contribution in [3.8, 4) is 0 Å². The minimum Gasteiger partial charge on any atom is -0.369 e. The molecule has 0 bridgehead atoms. The first-order valence-electron chi connectivity index (χ1n) is 7.99. The Kier molecular flexibility index (Phi) is 4.92. The number of hydrogen-bond acceptors (Lipinski definition) is 3. The van der Waals surface area contributed by atoms with Crippen LogP contribution in [-0.2, 0) is 4.79 Å². The van der Waals surface area contributed by atoms with E-state index < -0.39 is 5.41 Å². The summed E-state index contributed by atoms with van der Waals surface area (Å²) in [5.41, 5.74) is 5.70. The normalized spacial score (nSPS) is 18.7. The molecule has 0 saturated carbocycles. The summed E-state index contributed by atoms with van der Waals surface area (Å²) in [6.07, 6.45) is 2.54. The Morgan fingerprint density at radius 2 is 2.09 bits per heavy atom. The number of carbonyl (C=O) groups excluding carboxylic acids is 2. The SMILES string of the molecule is Cc1cc(C(=O)N2CCCC(CC(C)(C)C(N)=O)C2)cc(=O)[nH]1. The average molecular weight is 319 g/mol. The minimum absolute atomic E-state index is 0.124. The van der Waals surface area contributed by atoms with Crippen LogP contribution in [-0.4, -0.2) is 34.8 Å². The lowest BCUT2D eigenvalue weighted by atomic mass is 9.79. The van der Waals surface area contributed by atoms with Crippen molar-refractivity contribution in [2.45, 2.75) is 40.0 Å². The fourth-order valence-corrected chi connectivity index (χ4v) is 3.23. The van der Waals surface area contributed by atoms with Gasteiger partial charge < -0.3 is 15.6 Å². The molecule has 3 N–H and O–H groups in total. The number of pyridine rings is 1. The van der Waals surface area contributed by atoms with E-state index in [0.29, 0.717) is 30.8 Å². The molecule has 6 heteroatoms. The molecule has 0 spiro atoms. The van der Waals surface area contributed by atoms with Crippen LogP contribution in [0.5, 0.6) is 0 Å². The summed E-state index contributed by atoms with van der Waals surface area (Å²) in [4.78, 5) is 40.1. The van der Waals surface area contributed by atoms with Crippen LogP contribution in [0.4, 0.5) is 0 Å². The van der Waals surface area contributed by atoms with Gasteiger partial charge in [0.1, 0.15) is 0 Å². The fourth-order valence-electron chi connectivity index (χ4n) is 3.23. The fraction of sp³-hybridized carbons (Fsp3) is 0.588. The monoisotopic (exact) mass is 319 g/mol. The van der Waals surface area contributed by atoms with E-state index in [1.54, 1.807) is 17.9 Å². The molecule has 1 aliphatic rings. The molecule has 1 aliphatic heterocycles. The van der Waals surface area contributed by atoms with Crippen molar-refractivity contribution < 1.29 is 9.59 Å². The molecular weight excluding hydrogens is 294 g/mol. The molecule has 23 heavy (non-hydrogen) atoms. The van der Waals surface area contributed by atoms with E-state index in [9.17, 15) is 14.4 Å². The van der Waals surface area contributed by atoms with Crippen molar-refractivity contribution in [3.63, 3.8) is 0 Å². The maximum absolute atomic E-state index is 12.6. The van der Waals surface area contributed by atoms with E-state index in [-0.39, 0.29) is 23.3 Å². The molecule has 2 amide bonds. The predicted octanol–water partition coefficient (Wildman–Crippen LogP) is 1.44. The molecule has 2 heterocycles. The zero-order valence-corrected chi connectivity index (χ0v) is 14.0. The van der Waals surface area contributed by atoms with Crippen LogP contribution in [0.15, 0.2) is 16.9 Å².